The van der Waals surface area contributed by atoms with Crippen molar-refractivity contribution in [2.45, 2.75) is 26.7 Å². The molecule has 0 radical (unpaired) electrons. The maximum Gasteiger partial charge on any atom is 0.226 e. The minimum Gasteiger partial charge on any atom is -0.341 e. The van der Waals surface area contributed by atoms with Crippen LogP contribution in [0.4, 0.5) is 0 Å². The average molecular weight is 229 g/mol. The molecule has 0 aliphatic carbocycles. The maximum atomic E-state index is 12.1. The van der Waals surface area contributed by atoms with Crippen molar-refractivity contribution < 1.29 is 4.79 Å². The molecule has 16 heavy (non-hydrogen) atoms. The first-order valence-electron chi connectivity index (χ1n) is 6.20. The van der Waals surface area contributed by atoms with Crippen LogP contribution in [0.5, 0.6) is 0 Å². The first kappa shape index (κ1) is 15.4. The van der Waals surface area contributed by atoms with E-state index in [1.165, 1.54) is 0 Å². The van der Waals surface area contributed by atoms with Crippen molar-refractivity contribution in [1.82, 2.24) is 9.80 Å². The summed E-state index contributed by atoms with van der Waals surface area (Å²) in [6, 6.07) is 0. The highest BCUT2D eigenvalue weighted by Crippen LogP contribution is 2.07. The van der Waals surface area contributed by atoms with Crippen LogP contribution < -0.4 is 5.73 Å². The van der Waals surface area contributed by atoms with Crippen molar-refractivity contribution >= 4 is 5.91 Å². The number of likely N-dealkylation sites (N-methyl/N-ethyl adjacent to an activating group) is 1. The number of hydrogen-bond acceptors (Lipinski definition) is 3. The summed E-state index contributed by atoms with van der Waals surface area (Å²) in [6.07, 6.45) is 1.83. The number of carbonyl (C=O) groups excluding carboxylic acids is 1. The normalized spacial score (nSPS) is 12.9. The number of hydrogen-bond donors (Lipinski definition) is 1. The number of nitrogens with two attached hydrogens (primary N) is 1. The number of carbonyl (C=O) groups is 1. The number of amides is 1. The summed E-state index contributed by atoms with van der Waals surface area (Å²) in [5.74, 6) is 0.211. The van der Waals surface area contributed by atoms with Crippen molar-refractivity contribution in [3.63, 3.8) is 0 Å². The summed E-state index contributed by atoms with van der Waals surface area (Å²) < 4.78 is 0. The van der Waals surface area contributed by atoms with Gasteiger partial charge in [0.1, 0.15) is 0 Å². The van der Waals surface area contributed by atoms with Crippen molar-refractivity contribution in [1.29, 1.82) is 0 Å². The van der Waals surface area contributed by atoms with Gasteiger partial charge in [0.05, 0.1) is 5.92 Å². The van der Waals surface area contributed by atoms with E-state index in [9.17, 15) is 4.79 Å². The highest BCUT2D eigenvalue weighted by Gasteiger charge is 2.20. The number of rotatable bonds is 8. The summed E-state index contributed by atoms with van der Waals surface area (Å²) in [4.78, 5) is 16.2. The third kappa shape index (κ3) is 5.47. The van der Waals surface area contributed by atoms with Crippen LogP contribution in [0, 0.1) is 5.92 Å². The largest absolute Gasteiger partial charge is 0.341 e. The second-order valence-electron chi connectivity index (χ2n) is 4.47. The van der Waals surface area contributed by atoms with Crippen LogP contribution in [0.3, 0.4) is 0 Å². The van der Waals surface area contributed by atoms with Crippen molar-refractivity contribution in [3.8, 4) is 0 Å². The lowest BCUT2D eigenvalue weighted by molar-refractivity contribution is -0.135. The molecule has 0 aromatic heterocycles. The molecule has 0 heterocycles. The van der Waals surface area contributed by atoms with Gasteiger partial charge in [-0.2, -0.15) is 0 Å². The lowest BCUT2D eigenvalue weighted by atomic mass is 10.1. The summed E-state index contributed by atoms with van der Waals surface area (Å²) >= 11 is 0. The SMILES string of the molecule is CCCN(CCN(C)C)C(=O)C(CC)CN. The second-order valence-corrected chi connectivity index (χ2v) is 4.47. The first-order valence-corrected chi connectivity index (χ1v) is 6.20. The Morgan fingerprint density at radius 2 is 1.81 bits per heavy atom. The highest BCUT2D eigenvalue weighted by atomic mass is 16.2. The fourth-order valence-corrected chi connectivity index (χ4v) is 1.62. The monoisotopic (exact) mass is 229 g/mol. The van der Waals surface area contributed by atoms with Gasteiger partial charge in [-0.3, -0.25) is 4.79 Å². The smallest absolute Gasteiger partial charge is 0.226 e. The molecule has 0 saturated heterocycles. The van der Waals surface area contributed by atoms with Gasteiger partial charge < -0.3 is 15.5 Å². The zero-order valence-corrected chi connectivity index (χ0v) is 11.2. The molecule has 1 atom stereocenters. The van der Waals surface area contributed by atoms with E-state index in [0.29, 0.717) is 6.54 Å². The van der Waals surface area contributed by atoms with Crippen LogP contribution in [0.25, 0.3) is 0 Å². The van der Waals surface area contributed by atoms with Crippen LogP contribution >= 0.6 is 0 Å². The Hall–Kier alpha value is -0.610. The molecule has 0 saturated carbocycles. The molecule has 0 aromatic carbocycles. The van der Waals surface area contributed by atoms with Gasteiger partial charge in [0.25, 0.3) is 0 Å². The van der Waals surface area contributed by atoms with Crippen LogP contribution in [-0.2, 0) is 4.79 Å². The van der Waals surface area contributed by atoms with Crippen LogP contribution in [0.15, 0.2) is 0 Å². The molecule has 0 fully saturated rings. The molecular weight excluding hydrogens is 202 g/mol. The van der Waals surface area contributed by atoms with Crippen LogP contribution in [0.1, 0.15) is 26.7 Å². The van der Waals surface area contributed by atoms with Gasteiger partial charge in [0, 0.05) is 26.2 Å². The van der Waals surface area contributed by atoms with Gasteiger partial charge in [-0.1, -0.05) is 13.8 Å². The first-order chi connectivity index (χ1) is 7.56. The van der Waals surface area contributed by atoms with Gasteiger partial charge in [-0.25, -0.2) is 0 Å². The Morgan fingerprint density at radius 3 is 2.19 bits per heavy atom. The van der Waals surface area contributed by atoms with Gasteiger partial charge in [0.2, 0.25) is 5.91 Å². The molecule has 2 N–H and O–H groups in total. The number of nitrogens with zero attached hydrogens (tertiary/aromatic N) is 2. The Labute approximate surface area is 99.8 Å². The Balaban J connectivity index is 4.32. The van der Waals surface area contributed by atoms with Crippen LogP contribution in [0.2, 0.25) is 0 Å². The van der Waals surface area contributed by atoms with Gasteiger partial charge in [-0.15, -0.1) is 0 Å². The molecule has 96 valence electrons. The quantitative estimate of drug-likeness (QED) is 0.669. The summed E-state index contributed by atoms with van der Waals surface area (Å²) in [5.41, 5.74) is 5.62. The molecular formula is C12H27N3O. The predicted octanol–water partition coefficient (Wildman–Crippen LogP) is 0.772. The standard InChI is InChI=1S/C12H27N3O/c1-5-7-15(9-8-14(3)4)12(16)11(6-2)10-13/h11H,5-10,13H2,1-4H3. The van der Waals surface area contributed by atoms with Crippen molar-refractivity contribution in [3.05, 3.63) is 0 Å². The molecule has 4 nitrogen and oxygen atoms in total. The topological polar surface area (TPSA) is 49.6 Å². The summed E-state index contributed by atoms with van der Waals surface area (Å²) in [5, 5.41) is 0. The lowest BCUT2D eigenvalue weighted by Gasteiger charge is -2.27. The molecule has 0 rings (SSSR count). The zero-order valence-electron chi connectivity index (χ0n) is 11.2. The van der Waals surface area contributed by atoms with E-state index in [2.05, 4.69) is 11.8 Å². The van der Waals surface area contributed by atoms with E-state index in [1.807, 2.05) is 25.9 Å². The summed E-state index contributed by atoms with van der Waals surface area (Å²) in [7, 11) is 4.05. The minimum absolute atomic E-state index is 0.00582. The van der Waals surface area contributed by atoms with E-state index >= 15 is 0 Å². The molecule has 1 amide bonds. The molecule has 0 aromatic rings. The molecule has 4 heteroatoms. The van der Waals surface area contributed by atoms with Crippen molar-refractivity contribution in [2.75, 3.05) is 40.3 Å². The zero-order chi connectivity index (χ0) is 12.6. The fraction of sp³-hybridized carbons (Fsp3) is 0.917. The molecule has 0 spiro atoms. The van der Waals surface area contributed by atoms with E-state index in [-0.39, 0.29) is 11.8 Å². The highest BCUT2D eigenvalue weighted by molar-refractivity contribution is 5.79. The Kier molecular flexibility index (Phi) is 8.21. The second kappa shape index (κ2) is 8.53. The summed E-state index contributed by atoms with van der Waals surface area (Å²) in [6.45, 7) is 7.12. The van der Waals surface area contributed by atoms with Crippen LogP contribution in [-0.4, -0.2) is 56.0 Å². The van der Waals surface area contributed by atoms with Gasteiger partial charge in [0.15, 0.2) is 0 Å². The van der Waals surface area contributed by atoms with E-state index in [0.717, 1.165) is 32.5 Å². The molecule has 1 unspecified atom stereocenters. The average Bonchev–Trinajstić information content (AvgIpc) is 2.25. The third-order valence-corrected chi connectivity index (χ3v) is 2.75. The molecule has 0 aliphatic heterocycles. The van der Waals surface area contributed by atoms with E-state index < -0.39 is 0 Å². The molecule has 0 bridgehead atoms. The van der Waals surface area contributed by atoms with Gasteiger partial charge >= 0.3 is 0 Å². The van der Waals surface area contributed by atoms with Crippen molar-refractivity contribution in [2.24, 2.45) is 11.7 Å². The molecule has 0 aliphatic rings. The van der Waals surface area contributed by atoms with E-state index in [1.54, 1.807) is 0 Å². The third-order valence-electron chi connectivity index (χ3n) is 2.75. The van der Waals surface area contributed by atoms with E-state index in [4.69, 9.17) is 5.73 Å². The predicted molar refractivity (Wildman–Crippen MR) is 68.3 cm³/mol. The fourth-order valence-electron chi connectivity index (χ4n) is 1.62. The Morgan fingerprint density at radius 1 is 1.19 bits per heavy atom. The maximum absolute atomic E-state index is 12.1. The Bertz CT molecular complexity index is 191. The minimum atomic E-state index is -0.00582. The lowest BCUT2D eigenvalue weighted by Crippen LogP contribution is -2.42. The van der Waals surface area contributed by atoms with Gasteiger partial charge in [-0.05, 0) is 26.9 Å².